The molecule has 2 unspecified atom stereocenters. The zero-order valence-corrected chi connectivity index (χ0v) is 21.8. The van der Waals surface area contributed by atoms with Gasteiger partial charge in [0.15, 0.2) is 0 Å². The molecule has 0 radical (unpaired) electrons. The average Bonchev–Trinajstić information content (AvgIpc) is 3.46. The molecule has 5 rings (SSSR count). The summed E-state index contributed by atoms with van der Waals surface area (Å²) in [5.74, 6) is -0.962. The quantitative estimate of drug-likeness (QED) is 0.422. The summed E-state index contributed by atoms with van der Waals surface area (Å²) in [7, 11) is 0. The Morgan fingerprint density at radius 3 is 2.59 bits per heavy atom. The van der Waals surface area contributed by atoms with Crippen LogP contribution >= 0.6 is 11.6 Å². The summed E-state index contributed by atoms with van der Waals surface area (Å²) >= 11 is 6.45. The van der Waals surface area contributed by atoms with Crippen LogP contribution in [0.1, 0.15) is 40.6 Å². The molecule has 2 aromatic heterocycles. The summed E-state index contributed by atoms with van der Waals surface area (Å²) in [4.78, 5) is 27.0. The van der Waals surface area contributed by atoms with E-state index in [-0.39, 0.29) is 23.2 Å². The van der Waals surface area contributed by atoms with E-state index in [0.29, 0.717) is 55.1 Å². The van der Waals surface area contributed by atoms with Gasteiger partial charge < -0.3 is 20.1 Å². The fourth-order valence-corrected chi connectivity index (χ4v) is 5.06. The molecule has 9 nitrogen and oxygen atoms in total. The van der Waals surface area contributed by atoms with Crippen molar-refractivity contribution in [1.82, 2.24) is 25.2 Å². The Morgan fingerprint density at radius 2 is 1.90 bits per heavy atom. The minimum atomic E-state index is -4.64. The number of carbonyl (C=O) groups is 1. The van der Waals surface area contributed by atoms with Crippen molar-refractivity contribution in [3.8, 4) is 0 Å². The molecular weight excluding hydrogens is 537 g/mol. The molecule has 0 saturated carbocycles. The number of halogens is 4. The molecule has 1 amide bonds. The predicted octanol–water partition coefficient (Wildman–Crippen LogP) is 4.09. The number of hydrogen-bond acceptors (Lipinski definition) is 8. The lowest BCUT2D eigenvalue weighted by Gasteiger charge is -2.34. The molecule has 2 saturated heterocycles. The normalized spacial score (nSPS) is 19.2. The minimum absolute atomic E-state index is 0.106. The molecule has 2 aliphatic rings. The van der Waals surface area contributed by atoms with Crippen LogP contribution in [0.4, 0.5) is 19.0 Å². The van der Waals surface area contributed by atoms with Crippen molar-refractivity contribution in [3.63, 3.8) is 0 Å². The van der Waals surface area contributed by atoms with Crippen molar-refractivity contribution in [3.05, 3.63) is 58.6 Å². The Balaban J connectivity index is 1.33. The Bertz CT molecular complexity index is 1300. The van der Waals surface area contributed by atoms with Gasteiger partial charge in [-0.3, -0.25) is 9.69 Å². The predicted molar refractivity (Wildman–Crippen MR) is 139 cm³/mol. The van der Waals surface area contributed by atoms with Gasteiger partial charge in [-0.05, 0) is 37.1 Å². The number of hydrogen-bond donors (Lipinski definition) is 2. The number of nitrogens with one attached hydrogen (secondary N) is 2. The Labute approximate surface area is 228 Å². The van der Waals surface area contributed by atoms with E-state index in [1.165, 1.54) is 0 Å². The molecule has 0 bridgehead atoms. The maximum atomic E-state index is 13.4. The molecule has 208 valence electrons. The van der Waals surface area contributed by atoms with Crippen molar-refractivity contribution in [2.75, 3.05) is 51.3 Å². The van der Waals surface area contributed by atoms with Gasteiger partial charge in [0, 0.05) is 56.1 Å². The van der Waals surface area contributed by atoms with Crippen LogP contribution in [-0.4, -0.2) is 77.9 Å². The van der Waals surface area contributed by atoms with Gasteiger partial charge in [0.1, 0.15) is 5.82 Å². The van der Waals surface area contributed by atoms with Crippen LogP contribution < -0.4 is 10.6 Å². The molecule has 39 heavy (non-hydrogen) atoms. The Hall–Kier alpha value is -3.06. The smallest absolute Gasteiger partial charge is 0.379 e. The first-order valence-corrected chi connectivity index (χ1v) is 13.1. The van der Waals surface area contributed by atoms with E-state index in [1.54, 1.807) is 24.3 Å². The SMILES string of the molecule is O=C(NCC(c1cnc(C(F)(F)F)nc1)N1CCOCC1)c1c(Cl)ccc2nc(NCC3CCCO3)ccc12. The molecule has 13 heteroatoms. The second kappa shape index (κ2) is 12.0. The van der Waals surface area contributed by atoms with Gasteiger partial charge in [-0.1, -0.05) is 11.6 Å². The summed E-state index contributed by atoms with van der Waals surface area (Å²) in [5, 5.41) is 7.04. The van der Waals surface area contributed by atoms with Crippen LogP contribution in [0.2, 0.25) is 5.02 Å². The molecule has 2 N–H and O–H groups in total. The van der Waals surface area contributed by atoms with Gasteiger partial charge in [0.2, 0.25) is 5.82 Å². The van der Waals surface area contributed by atoms with Gasteiger partial charge in [-0.25, -0.2) is 15.0 Å². The first kappa shape index (κ1) is 27.5. The molecule has 4 heterocycles. The van der Waals surface area contributed by atoms with Crippen LogP contribution in [0.3, 0.4) is 0 Å². The first-order valence-electron chi connectivity index (χ1n) is 12.7. The number of amides is 1. The summed E-state index contributed by atoms with van der Waals surface area (Å²) in [5.41, 5.74) is 1.33. The fourth-order valence-electron chi connectivity index (χ4n) is 4.81. The van der Waals surface area contributed by atoms with E-state index in [4.69, 9.17) is 21.1 Å². The average molecular weight is 565 g/mol. The van der Waals surface area contributed by atoms with Gasteiger partial charge in [-0.2, -0.15) is 13.2 Å². The van der Waals surface area contributed by atoms with E-state index in [9.17, 15) is 18.0 Å². The third kappa shape index (κ3) is 6.57. The van der Waals surface area contributed by atoms with Gasteiger partial charge in [0.05, 0.1) is 41.5 Å². The van der Waals surface area contributed by atoms with Crippen molar-refractivity contribution in [1.29, 1.82) is 0 Å². The molecule has 2 aliphatic heterocycles. The standard InChI is InChI=1S/C26H28ClF3N6O3/c27-19-4-5-20-18(3-6-22(35-20)31-14-17-2-1-9-39-17)23(19)24(37)32-15-21(36-7-10-38-11-8-36)16-12-33-25(34-13-16)26(28,29)30/h3-6,12-13,17,21H,1-2,7-11,14-15H2,(H,31,35)(H,32,37). The summed E-state index contributed by atoms with van der Waals surface area (Å²) in [6.07, 6.45) is -0.120. The van der Waals surface area contributed by atoms with Crippen molar-refractivity contribution in [2.24, 2.45) is 0 Å². The Kier molecular flexibility index (Phi) is 8.46. The van der Waals surface area contributed by atoms with Crippen LogP contribution in [0, 0.1) is 0 Å². The lowest BCUT2D eigenvalue weighted by Crippen LogP contribution is -2.44. The molecule has 2 atom stereocenters. The molecule has 1 aromatic carbocycles. The second-order valence-electron chi connectivity index (χ2n) is 9.41. The highest BCUT2D eigenvalue weighted by atomic mass is 35.5. The zero-order valence-electron chi connectivity index (χ0n) is 21.0. The number of morpholine rings is 1. The topological polar surface area (TPSA) is 102 Å². The molecule has 2 fully saturated rings. The maximum absolute atomic E-state index is 13.4. The van der Waals surface area contributed by atoms with E-state index < -0.39 is 23.9 Å². The highest BCUT2D eigenvalue weighted by Gasteiger charge is 2.35. The summed E-state index contributed by atoms with van der Waals surface area (Å²) < 4.78 is 50.0. The van der Waals surface area contributed by atoms with Crippen LogP contribution in [0.5, 0.6) is 0 Å². The number of alkyl halides is 3. The number of rotatable bonds is 8. The van der Waals surface area contributed by atoms with E-state index in [2.05, 4.69) is 25.6 Å². The highest BCUT2D eigenvalue weighted by molar-refractivity contribution is 6.35. The number of carbonyl (C=O) groups excluding carboxylic acids is 1. The van der Waals surface area contributed by atoms with Crippen molar-refractivity contribution >= 4 is 34.2 Å². The van der Waals surface area contributed by atoms with E-state index in [0.717, 1.165) is 31.8 Å². The number of nitrogens with zero attached hydrogens (tertiary/aromatic N) is 4. The maximum Gasteiger partial charge on any atom is 0.451 e. The van der Waals surface area contributed by atoms with Crippen molar-refractivity contribution in [2.45, 2.75) is 31.2 Å². The van der Waals surface area contributed by atoms with Gasteiger partial charge >= 0.3 is 6.18 Å². The van der Waals surface area contributed by atoms with Gasteiger partial charge in [0.25, 0.3) is 5.91 Å². The fraction of sp³-hybridized carbons (Fsp3) is 0.462. The zero-order chi connectivity index (χ0) is 27.4. The van der Waals surface area contributed by atoms with Crippen LogP contribution in [0.15, 0.2) is 36.7 Å². The van der Waals surface area contributed by atoms with E-state index in [1.807, 2.05) is 4.90 Å². The molecule has 3 aromatic rings. The molecule has 0 spiro atoms. The third-order valence-corrected chi connectivity index (χ3v) is 7.15. The summed E-state index contributed by atoms with van der Waals surface area (Å²) in [6, 6.07) is 6.51. The number of aromatic nitrogens is 3. The van der Waals surface area contributed by atoms with Crippen LogP contribution in [-0.2, 0) is 15.7 Å². The highest BCUT2D eigenvalue weighted by Crippen LogP contribution is 2.29. The lowest BCUT2D eigenvalue weighted by atomic mass is 10.1. The Morgan fingerprint density at radius 1 is 1.13 bits per heavy atom. The number of benzene rings is 1. The minimum Gasteiger partial charge on any atom is -0.379 e. The summed E-state index contributed by atoms with van der Waals surface area (Å²) in [6.45, 7) is 3.55. The van der Waals surface area contributed by atoms with Crippen LogP contribution in [0.25, 0.3) is 10.9 Å². The number of pyridine rings is 1. The monoisotopic (exact) mass is 564 g/mol. The largest absolute Gasteiger partial charge is 0.451 e. The second-order valence-corrected chi connectivity index (χ2v) is 9.82. The third-order valence-electron chi connectivity index (χ3n) is 6.83. The van der Waals surface area contributed by atoms with Gasteiger partial charge in [-0.15, -0.1) is 0 Å². The number of anilines is 1. The van der Waals surface area contributed by atoms with E-state index >= 15 is 0 Å². The lowest BCUT2D eigenvalue weighted by molar-refractivity contribution is -0.145. The molecule has 0 aliphatic carbocycles. The first-order chi connectivity index (χ1) is 18.8. The molecular formula is C26H28ClF3N6O3. The number of fused-ring (bicyclic) bond motifs is 1. The van der Waals surface area contributed by atoms with Crippen molar-refractivity contribution < 1.29 is 27.4 Å². The number of ether oxygens (including phenoxy) is 2.